The van der Waals surface area contributed by atoms with E-state index in [1.165, 1.54) is 24.9 Å². The summed E-state index contributed by atoms with van der Waals surface area (Å²) in [4.78, 5) is 72.5. The number of imide groups is 1. The zero-order valence-electron chi connectivity index (χ0n) is 32.7. The monoisotopic (exact) mass is 800 g/mol. The lowest BCUT2D eigenvalue weighted by Gasteiger charge is -2.45. The summed E-state index contributed by atoms with van der Waals surface area (Å²) < 4.78 is 22.3. The summed E-state index contributed by atoms with van der Waals surface area (Å²) in [6.07, 6.45) is 5.89. The van der Waals surface area contributed by atoms with Crippen LogP contribution < -0.4 is 36.6 Å². The van der Waals surface area contributed by atoms with E-state index < -0.39 is 17.8 Å². The molecule has 18 heteroatoms. The van der Waals surface area contributed by atoms with E-state index in [9.17, 15) is 23.6 Å². The van der Waals surface area contributed by atoms with Crippen molar-refractivity contribution in [1.29, 1.82) is 0 Å². The summed E-state index contributed by atoms with van der Waals surface area (Å²) in [5.74, 6) is -0.0330. The summed E-state index contributed by atoms with van der Waals surface area (Å²) in [7, 11) is 6.76. The van der Waals surface area contributed by atoms with E-state index in [1.807, 2.05) is 37.4 Å². The molecule has 2 fully saturated rings. The van der Waals surface area contributed by atoms with Crippen molar-refractivity contribution in [1.82, 2.24) is 44.6 Å². The van der Waals surface area contributed by atoms with Gasteiger partial charge in [0, 0.05) is 65.7 Å². The van der Waals surface area contributed by atoms with Crippen molar-refractivity contribution in [3.05, 3.63) is 107 Å². The molecule has 4 aromatic heterocycles. The Morgan fingerprint density at radius 2 is 1.71 bits per heavy atom. The fraction of sp³-hybridized carbons (Fsp3) is 0.268. The van der Waals surface area contributed by atoms with Gasteiger partial charge in [0.1, 0.15) is 17.7 Å². The second-order valence-electron chi connectivity index (χ2n) is 14.4. The maximum Gasteiger partial charge on any atom is 0.329 e. The number of methoxy groups -OCH3 is 1. The molecule has 4 N–H and O–H groups in total. The van der Waals surface area contributed by atoms with E-state index in [2.05, 4.69) is 51.0 Å². The maximum absolute atomic E-state index is 13.5. The third kappa shape index (κ3) is 7.52. The zero-order chi connectivity index (χ0) is 41.4. The number of ether oxygens (including phenoxy) is 1. The van der Waals surface area contributed by atoms with Crippen molar-refractivity contribution < 1.29 is 23.5 Å². The number of fused-ring (bicyclic) bond motifs is 1. The number of halogens is 1. The predicted molar refractivity (Wildman–Crippen MR) is 218 cm³/mol. The highest BCUT2D eigenvalue weighted by molar-refractivity contribution is 6.01. The van der Waals surface area contributed by atoms with Gasteiger partial charge in [-0.25, -0.2) is 29.1 Å². The van der Waals surface area contributed by atoms with Crippen molar-refractivity contribution in [3.8, 4) is 17.1 Å². The van der Waals surface area contributed by atoms with Crippen LogP contribution in [0.1, 0.15) is 34.8 Å². The first-order chi connectivity index (χ1) is 28.5. The number of carbonyl (C=O) groups excluding carboxylic acids is 3. The standard InChI is InChI=1S/C41H41FN12O5/c1-43-39(56)27-19-45-34(15-29(27)48-28-8-5-7-26(37(28)59-4)38-46-17-24(42)18-47-38)49-33-13-11-23(16-44-33)20-53-21-25(22-53)51(2)30-9-6-10-31-36(30)52(3)41(58)54(31)32-12-14-35(55)50-40(32)57/h5-11,13,15-19,25,32H,12,14,20-22H2,1-4H3,(H,43,56)(H,50,55,57)(H2,44,45,48,49). The van der Waals surface area contributed by atoms with Gasteiger partial charge < -0.3 is 25.6 Å². The number of amides is 3. The molecule has 0 bridgehead atoms. The number of para-hydroxylation sites is 2. The van der Waals surface area contributed by atoms with Gasteiger partial charge in [-0.1, -0.05) is 18.2 Å². The molecule has 8 rings (SSSR count). The summed E-state index contributed by atoms with van der Waals surface area (Å²) in [6, 6.07) is 16.0. The van der Waals surface area contributed by atoms with Crippen molar-refractivity contribution in [3.63, 3.8) is 0 Å². The van der Waals surface area contributed by atoms with Crippen LogP contribution in [-0.4, -0.2) is 92.0 Å². The molecule has 17 nitrogen and oxygen atoms in total. The molecule has 6 heterocycles. The van der Waals surface area contributed by atoms with Gasteiger partial charge in [-0.15, -0.1) is 0 Å². The molecule has 2 aromatic carbocycles. The van der Waals surface area contributed by atoms with Crippen LogP contribution in [0.4, 0.5) is 33.1 Å². The number of imidazole rings is 1. The first-order valence-electron chi connectivity index (χ1n) is 18.9. The van der Waals surface area contributed by atoms with E-state index in [0.29, 0.717) is 46.4 Å². The molecule has 3 amide bonds. The number of pyridine rings is 2. The van der Waals surface area contributed by atoms with Gasteiger partial charge in [-0.3, -0.25) is 33.7 Å². The number of likely N-dealkylation sites (tertiary alicyclic amines) is 1. The molecule has 59 heavy (non-hydrogen) atoms. The fourth-order valence-corrected chi connectivity index (χ4v) is 7.60. The third-order valence-electron chi connectivity index (χ3n) is 10.7. The largest absolute Gasteiger partial charge is 0.494 e. The Balaban J connectivity index is 0.931. The van der Waals surface area contributed by atoms with Crippen LogP contribution in [0, 0.1) is 5.82 Å². The lowest BCUT2D eigenvalue weighted by Crippen LogP contribution is -2.58. The van der Waals surface area contributed by atoms with E-state index >= 15 is 0 Å². The topological polar surface area (TPSA) is 194 Å². The minimum atomic E-state index is -0.746. The number of hydrogen-bond donors (Lipinski definition) is 4. The van der Waals surface area contributed by atoms with Crippen molar-refractivity contribution in [2.75, 3.05) is 49.8 Å². The molecule has 1 unspecified atom stereocenters. The molecule has 302 valence electrons. The molecule has 1 atom stereocenters. The van der Waals surface area contributed by atoms with Crippen LogP contribution >= 0.6 is 0 Å². The van der Waals surface area contributed by atoms with E-state index in [-0.39, 0.29) is 47.8 Å². The Labute approximate surface area is 337 Å². The maximum atomic E-state index is 13.5. The zero-order valence-corrected chi connectivity index (χ0v) is 32.7. The van der Waals surface area contributed by atoms with E-state index in [4.69, 9.17) is 4.74 Å². The molecule has 0 radical (unpaired) electrons. The summed E-state index contributed by atoms with van der Waals surface area (Å²) in [6.45, 7) is 2.26. The molecule has 0 spiro atoms. The van der Waals surface area contributed by atoms with E-state index in [1.54, 1.807) is 42.1 Å². The number of benzene rings is 2. The summed E-state index contributed by atoms with van der Waals surface area (Å²) in [5.41, 5.74) is 4.78. The van der Waals surface area contributed by atoms with Crippen LogP contribution in [0.5, 0.6) is 5.75 Å². The predicted octanol–water partition coefficient (Wildman–Crippen LogP) is 3.88. The van der Waals surface area contributed by atoms with Gasteiger partial charge in [0.05, 0.1) is 64.8 Å². The minimum Gasteiger partial charge on any atom is -0.494 e. The Bertz CT molecular complexity index is 2640. The van der Waals surface area contributed by atoms with Gasteiger partial charge >= 0.3 is 5.69 Å². The Hall–Kier alpha value is -7.21. The molecule has 2 aliphatic heterocycles. The number of nitrogens with one attached hydrogen (secondary N) is 4. The molecule has 0 saturated carbocycles. The Morgan fingerprint density at radius 1 is 0.949 bits per heavy atom. The van der Waals surface area contributed by atoms with Crippen LogP contribution in [0.15, 0.2) is 84.2 Å². The van der Waals surface area contributed by atoms with Crippen molar-refractivity contribution in [2.45, 2.75) is 31.5 Å². The highest BCUT2D eigenvalue weighted by Crippen LogP contribution is 2.38. The smallest absolute Gasteiger partial charge is 0.329 e. The van der Waals surface area contributed by atoms with Crippen LogP contribution in [0.3, 0.4) is 0 Å². The minimum absolute atomic E-state index is 0.182. The molecular weight excluding hydrogens is 760 g/mol. The molecular formula is C41H41FN12O5. The number of anilines is 5. The van der Waals surface area contributed by atoms with Crippen LogP contribution in [0.25, 0.3) is 22.4 Å². The van der Waals surface area contributed by atoms with Crippen molar-refractivity contribution >= 4 is 57.5 Å². The molecule has 6 aromatic rings. The quantitative estimate of drug-likeness (QED) is 0.131. The number of rotatable bonds is 12. The lowest BCUT2D eigenvalue weighted by molar-refractivity contribution is -0.135. The average Bonchev–Trinajstić information content (AvgIpc) is 3.48. The number of hydrogen-bond acceptors (Lipinski definition) is 13. The number of likely N-dealkylation sites (N-methyl/N-ethyl adjacent to an activating group) is 1. The Kier molecular flexibility index (Phi) is 10.5. The molecule has 2 saturated heterocycles. The highest BCUT2D eigenvalue weighted by atomic mass is 19.1. The third-order valence-corrected chi connectivity index (χ3v) is 10.7. The van der Waals surface area contributed by atoms with Gasteiger partial charge in [0.2, 0.25) is 11.8 Å². The summed E-state index contributed by atoms with van der Waals surface area (Å²) >= 11 is 0. The van der Waals surface area contributed by atoms with Gasteiger partial charge in [-0.2, -0.15) is 0 Å². The van der Waals surface area contributed by atoms with Crippen molar-refractivity contribution in [2.24, 2.45) is 7.05 Å². The second-order valence-corrected chi connectivity index (χ2v) is 14.4. The highest BCUT2D eigenvalue weighted by Gasteiger charge is 2.34. The van der Waals surface area contributed by atoms with E-state index in [0.717, 1.165) is 42.3 Å². The molecule has 2 aliphatic rings. The lowest BCUT2D eigenvalue weighted by atomic mass is 10.0. The van der Waals surface area contributed by atoms with Crippen LogP contribution in [-0.2, 0) is 23.2 Å². The number of piperidine rings is 1. The van der Waals surface area contributed by atoms with Gasteiger partial charge in [0.25, 0.3) is 5.91 Å². The number of nitrogens with zero attached hydrogens (tertiary/aromatic N) is 8. The van der Waals surface area contributed by atoms with Gasteiger partial charge in [0.15, 0.2) is 17.4 Å². The average molecular weight is 801 g/mol. The summed E-state index contributed by atoms with van der Waals surface area (Å²) in [5, 5.41) is 11.5. The Morgan fingerprint density at radius 3 is 2.42 bits per heavy atom. The number of carbonyl (C=O) groups is 3. The first kappa shape index (κ1) is 38.7. The van der Waals surface area contributed by atoms with Crippen LogP contribution in [0.2, 0.25) is 0 Å². The SMILES string of the molecule is CNC(=O)c1cnc(Nc2ccc(CN3CC(N(C)c4cccc5c4n(C)c(=O)n5C4CCC(=O)NC4=O)C3)cn2)cc1Nc1cccc(-c2ncc(F)cn2)c1OC. The number of aromatic nitrogens is 6. The first-order valence-corrected chi connectivity index (χ1v) is 18.9. The number of aryl methyl sites for hydroxylation is 1. The molecule has 0 aliphatic carbocycles. The second kappa shape index (κ2) is 16.0. The van der Waals surface area contributed by atoms with Gasteiger partial charge in [-0.05, 0) is 42.3 Å². The fourth-order valence-electron chi connectivity index (χ4n) is 7.60. The normalized spacial score (nSPS) is 15.7.